The summed E-state index contributed by atoms with van der Waals surface area (Å²) in [5.41, 5.74) is 9.49. The van der Waals surface area contributed by atoms with Crippen LogP contribution in [0.4, 0.5) is 0 Å². The van der Waals surface area contributed by atoms with Crippen molar-refractivity contribution in [3.05, 3.63) is 81.8 Å². The van der Waals surface area contributed by atoms with Gasteiger partial charge >= 0.3 is 0 Å². The summed E-state index contributed by atoms with van der Waals surface area (Å²) in [7, 11) is 0. The van der Waals surface area contributed by atoms with Crippen LogP contribution in [0.5, 0.6) is 0 Å². The van der Waals surface area contributed by atoms with Crippen molar-refractivity contribution in [1.82, 2.24) is 0 Å². The highest BCUT2D eigenvalue weighted by Gasteiger charge is 2.35. The van der Waals surface area contributed by atoms with Gasteiger partial charge in [-0.05, 0) is 58.5 Å². The van der Waals surface area contributed by atoms with Gasteiger partial charge in [-0.25, -0.2) is 0 Å². The topological polar surface area (TPSA) is 0 Å². The Balaban J connectivity index is 1.92. The third-order valence-electron chi connectivity index (χ3n) is 4.99. The second-order valence-electron chi connectivity index (χ2n) is 6.94. The fraction of sp³-hybridized carbons (Fsp3) is 0.182. The molecule has 0 aliphatic heterocycles. The van der Waals surface area contributed by atoms with Crippen molar-refractivity contribution >= 4 is 15.9 Å². The van der Waals surface area contributed by atoms with Gasteiger partial charge in [0.05, 0.1) is 0 Å². The minimum Gasteiger partial charge on any atom is -0.0614 e. The van der Waals surface area contributed by atoms with E-state index in [4.69, 9.17) is 0 Å². The van der Waals surface area contributed by atoms with Crippen LogP contribution in [0.25, 0.3) is 22.3 Å². The zero-order valence-corrected chi connectivity index (χ0v) is 15.2. The maximum atomic E-state index is 3.62. The van der Waals surface area contributed by atoms with Crippen LogP contribution < -0.4 is 0 Å². The summed E-state index contributed by atoms with van der Waals surface area (Å²) in [6.45, 7) is 6.79. The number of aryl methyl sites for hydroxylation is 1. The van der Waals surface area contributed by atoms with Crippen LogP contribution >= 0.6 is 15.9 Å². The third kappa shape index (κ3) is 2.26. The molecule has 114 valence electrons. The molecule has 0 saturated heterocycles. The molecule has 0 unspecified atom stereocenters. The normalized spacial score (nSPS) is 14.4. The van der Waals surface area contributed by atoms with Crippen LogP contribution in [0.15, 0.2) is 65.1 Å². The zero-order chi connectivity index (χ0) is 16.2. The van der Waals surface area contributed by atoms with Crippen molar-refractivity contribution < 1.29 is 0 Å². The zero-order valence-electron chi connectivity index (χ0n) is 13.7. The number of fused-ring (bicyclic) bond motifs is 3. The predicted molar refractivity (Wildman–Crippen MR) is 102 cm³/mol. The summed E-state index contributed by atoms with van der Waals surface area (Å²) in [5, 5.41) is 0. The highest BCUT2D eigenvalue weighted by atomic mass is 79.9. The lowest BCUT2D eigenvalue weighted by Gasteiger charge is -2.22. The number of hydrogen-bond acceptors (Lipinski definition) is 0. The lowest BCUT2D eigenvalue weighted by atomic mass is 9.81. The second-order valence-corrected chi connectivity index (χ2v) is 7.86. The van der Waals surface area contributed by atoms with E-state index >= 15 is 0 Å². The van der Waals surface area contributed by atoms with Crippen LogP contribution in [0.2, 0.25) is 0 Å². The minimum absolute atomic E-state index is 0.0360. The largest absolute Gasteiger partial charge is 0.0614 e. The van der Waals surface area contributed by atoms with Gasteiger partial charge in [-0.1, -0.05) is 77.8 Å². The van der Waals surface area contributed by atoms with Crippen molar-refractivity contribution in [2.45, 2.75) is 26.2 Å². The molecule has 0 spiro atoms. The Morgan fingerprint density at radius 1 is 0.739 bits per heavy atom. The summed E-state index contributed by atoms with van der Waals surface area (Å²) in [5.74, 6) is 0. The van der Waals surface area contributed by atoms with Crippen molar-refractivity contribution in [2.75, 3.05) is 0 Å². The number of rotatable bonds is 1. The smallest absolute Gasteiger partial charge is 0.0178 e. The van der Waals surface area contributed by atoms with Crippen LogP contribution in [0.1, 0.15) is 30.5 Å². The Hall–Kier alpha value is -1.86. The molecule has 4 rings (SSSR count). The standard InChI is InChI=1S/C22H19Br/c1-14-5-4-6-15(11-14)16-7-9-18-19-10-8-17(23)13-21(19)22(2,3)20(18)12-16/h4-13H,1-3H3. The van der Waals surface area contributed by atoms with E-state index in [1.165, 1.54) is 38.9 Å². The van der Waals surface area contributed by atoms with Gasteiger partial charge in [-0.15, -0.1) is 0 Å². The molecule has 0 heterocycles. The Morgan fingerprint density at radius 3 is 2.13 bits per heavy atom. The van der Waals surface area contributed by atoms with E-state index in [0.29, 0.717) is 0 Å². The van der Waals surface area contributed by atoms with Gasteiger partial charge in [0.1, 0.15) is 0 Å². The molecule has 3 aromatic carbocycles. The summed E-state index contributed by atoms with van der Waals surface area (Å²) < 4.78 is 1.15. The molecule has 0 nitrogen and oxygen atoms in total. The Labute approximate surface area is 146 Å². The second kappa shape index (κ2) is 5.07. The first kappa shape index (κ1) is 14.7. The number of hydrogen-bond donors (Lipinski definition) is 0. The van der Waals surface area contributed by atoms with Crippen LogP contribution in [0, 0.1) is 6.92 Å². The van der Waals surface area contributed by atoms with E-state index < -0.39 is 0 Å². The van der Waals surface area contributed by atoms with Crippen LogP contribution in [0.3, 0.4) is 0 Å². The maximum absolute atomic E-state index is 3.62. The molecule has 0 fully saturated rings. The van der Waals surface area contributed by atoms with Gasteiger partial charge in [-0.3, -0.25) is 0 Å². The van der Waals surface area contributed by atoms with E-state index in [9.17, 15) is 0 Å². The molecule has 0 saturated carbocycles. The van der Waals surface area contributed by atoms with E-state index in [2.05, 4.69) is 97.4 Å². The first-order chi connectivity index (χ1) is 11.0. The Kier molecular flexibility index (Phi) is 3.24. The lowest BCUT2D eigenvalue weighted by Crippen LogP contribution is -2.15. The average molecular weight is 363 g/mol. The number of halogens is 1. The molecule has 0 N–H and O–H groups in total. The first-order valence-corrected chi connectivity index (χ1v) is 8.78. The molecule has 1 aliphatic rings. The molecule has 0 aromatic heterocycles. The van der Waals surface area contributed by atoms with Gasteiger partial charge in [0.25, 0.3) is 0 Å². The van der Waals surface area contributed by atoms with E-state index in [1.807, 2.05) is 0 Å². The van der Waals surface area contributed by atoms with Crippen molar-refractivity contribution in [2.24, 2.45) is 0 Å². The first-order valence-electron chi connectivity index (χ1n) is 7.99. The quantitative estimate of drug-likeness (QED) is 0.450. The third-order valence-corrected chi connectivity index (χ3v) is 5.48. The highest BCUT2D eigenvalue weighted by molar-refractivity contribution is 9.10. The minimum atomic E-state index is 0.0360. The molecule has 23 heavy (non-hydrogen) atoms. The van der Waals surface area contributed by atoms with E-state index in [0.717, 1.165) is 4.47 Å². The Morgan fingerprint density at radius 2 is 1.39 bits per heavy atom. The molecule has 0 amide bonds. The molecule has 0 atom stereocenters. The van der Waals surface area contributed by atoms with Gasteiger partial charge in [-0.2, -0.15) is 0 Å². The summed E-state index contributed by atoms with van der Waals surface area (Å²) in [6, 6.07) is 22.3. The molecule has 1 heteroatoms. The molecule has 3 aromatic rings. The average Bonchev–Trinajstić information content (AvgIpc) is 2.75. The number of benzene rings is 3. The highest BCUT2D eigenvalue weighted by Crippen LogP contribution is 2.50. The molecule has 0 bridgehead atoms. The monoisotopic (exact) mass is 362 g/mol. The van der Waals surface area contributed by atoms with Gasteiger partial charge in [0.2, 0.25) is 0 Å². The van der Waals surface area contributed by atoms with E-state index in [1.54, 1.807) is 0 Å². The summed E-state index contributed by atoms with van der Waals surface area (Å²) >= 11 is 3.62. The fourth-order valence-corrected chi connectivity index (χ4v) is 4.08. The SMILES string of the molecule is Cc1cccc(-c2ccc3c(c2)C(C)(C)c2cc(Br)ccc2-3)c1. The molecular weight excluding hydrogens is 344 g/mol. The van der Waals surface area contributed by atoms with Gasteiger partial charge in [0.15, 0.2) is 0 Å². The molecule has 1 aliphatic carbocycles. The van der Waals surface area contributed by atoms with Crippen LogP contribution in [-0.2, 0) is 5.41 Å². The van der Waals surface area contributed by atoms with Crippen molar-refractivity contribution in [3.8, 4) is 22.3 Å². The van der Waals surface area contributed by atoms with Crippen molar-refractivity contribution in [3.63, 3.8) is 0 Å². The van der Waals surface area contributed by atoms with Crippen molar-refractivity contribution in [1.29, 1.82) is 0 Å². The summed E-state index contributed by atoms with van der Waals surface area (Å²) in [6.07, 6.45) is 0. The Bertz CT molecular complexity index is 919. The fourth-order valence-electron chi connectivity index (χ4n) is 3.71. The molecule has 0 radical (unpaired) electrons. The maximum Gasteiger partial charge on any atom is 0.0178 e. The van der Waals surface area contributed by atoms with E-state index in [-0.39, 0.29) is 5.41 Å². The van der Waals surface area contributed by atoms with Gasteiger partial charge < -0.3 is 0 Å². The van der Waals surface area contributed by atoms with Gasteiger partial charge in [0, 0.05) is 9.89 Å². The lowest BCUT2D eigenvalue weighted by molar-refractivity contribution is 0.660. The predicted octanol–water partition coefficient (Wildman–Crippen LogP) is 6.73. The summed E-state index contributed by atoms with van der Waals surface area (Å²) in [4.78, 5) is 0. The van der Waals surface area contributed by atoms with Crippen LogP contribution in [-0.4, -0.2) is 0 Å². The molecular formula is C22H19Br.